The van der Waals surface area contributed by atoms with Gasteiger partial charge in [-0.15, -0.1) is 0 Å². The van der Waals surface area contributed by atoms with Crippen molar-refractivity contribution in [3.05, 3.63) is 0 Å². The summed E-state index contributed by atoms with van der Waals surface area (Å²) in [5.74, 6) is -1.90. The first-order valence-corrected chi connectivity index (χ1v) is 11.2. The van der Waals surface area contributed by atoms with E-state index >= 15 is 0 Å². The zero-order chi connectivity index (χ0) is 22.6. The van der Waals surface area contributed by atoms with Crippen LogP contribution in [0.3, 0.4) is 0 Å². The lowest BCUT2D eigenvalue weighted by molar-refractivity contribution is -0.186. The van der Waals surface area contributed by atoms with Crippen LogP contribution in [0.4, 0.5) is 0 Å². The highest BCUT2D eigenvalue weighted by molar-refractivity contribution is 5.73. The second-order valence-corrected chi connectivity index (χ2v) is 7.28. The molecule has 0 aromatic heterocycles. The molecule has 0 radical (unpaired) electrons. The van der Waals surface area contributed by atoms with E-state index in [9.17, 15) is 9.59 Å². The van der Waals surface area contributed by atoms with E-state index in [2.05, 4.69) is 13.8 Å². The molecule has 0 saturated heterocycles. The summed E-state index contributed by atoms with van der Waals surface area (Å²) >= 11 is 0. The van der Waals surface area contributed by atoms with Crippen molar-refractivity contribution in [1.82, 2.24) is 0 Å². The molecular formula is C22H42O8. The number of carbonyl (C=O) groups excluding carboxylic acids is 1. The summed E-state index contributed by atoms with van der Waals surface area (Å²) in [6, 6.07) is 0. The van der Waals surface area contributed by atoms with E-state index in [1.807, 2.05) is 0 Å². The first kappa shape index (κ1) is 28.8. The van der Waals surface area contributed by atoms with Crippen molar-refractivity contribution in [2.24, 2.45) is 5.92 Å². The number of esters is 1. The van der Waals surface area contributed by atoms with Crippen LogP contribution in [0.1, 0.15) is 72.6 Å². The van der Waals surface area contributed by atoms with E-state index in [-0.39, 0.29) is 6.42 Å². The van der Waals surface area contributed by atoms with Crippen LogP contribution >= 0.6 is 0 Å². The maximum atomic E-state index is 12.6. The predicted octanol–water partition coefficient (Wildman–Crippen LogP) is 3.80. The van der Waals surface area contributed by atoms with Crippen molar-refractivity contribution in [3.63, 3.8) is 0 Å². The fourth-order valence-electron chi connectivity index (χ4n) is 2.68. The average molecular weight is 435 g/mol. The van der Waals surface area contributed by atoms with E-state index in [1.54, 1.807) is 13.8 Å². The highest BCUT2D eigenvalue weighted by atomic mass is 16.7. The number of carboxylic acid groups (broad SMARTS) is 1. The summed E-state index contributed by atoms with van der Waals surface area (Å²) in [5, 5.41) is 8.87. The molecule has 8 heteroatoms. The van der Waals surface area contributed by atoms with Gasteiger partial charge in [-0.3, -0.25) is 9.59 Å². The molecule has 1 N–H and O–H groups in total. The number of carbonyl (C=O) groups is 2. The summed E-state index contributed by atoms with van der Waals surface area (Å²) < 4.78 is 27.5. The van der Waals surface area contributed by atoms with Crippen LogP contribution < -0.4 is 0 Å². The van der Waals surface area contributed by atoms with Gasteiger partial charge in [-0.05, 0) is 39.5 Å². The summed E-state index contributed by atoms with van der Waals surface area (Å²) in [5.41, 5.74) is 0. The summed E-state index contributed by atoms with van der Waals surface area (Å²) in [6.45, 7) is 10.6. The predicted molar refractivity (Wildman–Crippen MR) is 113 cm³/mol. The first-order chi connectivity index (χ1) is 14.4. The van der Waals surface area contributed by atoms with E-state index in [1.165, 1.54) is 0 Å². The summed E-state index contributed by atoms with van der Waals surface area (Å²) in [4.78, 5) is 23.4. The normalized spacial score (nSPS) is 14.3. The molecular weight excluding hydrogens is 392 g/mol. The van der Waals surface area contributed by atoms with Crippen LogP contribution in [0.25, 0.3) is 0 Å². The molecule has 0 rings (SSSR count). The molecule has 0 amide bonds. The van der Waals surface area contributed by atoms with Gasteiger partial charge in [0.25, 0.3) is 0 Å². The molecule has 0 bridgehead atoms. The van der Waals surface area contributed by atoms with Gasteiger partial charge in [0, 0.05) is 19.6 Å². The molecule has 0 aliphatic carbocycles. The van der Waals surface area contributed by atoms with Gasteiger partial charge >= 0.3 is 11.9 Å². The Morgan fingerprint density at radius 1 is 0.800 bits per heavy atom. The minimum atomic E-state index is -0.889. The fourth-order valence-corrected chi connectivity index (χ4v) is 2.68. The third kappa shape index (κ3) is 16.6. The molecule has 178 valence electrons. The van der Waals surface area contributed by atoms with Crippen LogP contribution in [0.15, 0.2) is 0 Å². The van der Waals surface area contributed by atoms with Gasteiger partial charge in [-0.25, -0.2) is 0 Å². The SMILES string of the molecule is CCCCOCCOC(C)OC(=O)C(CCCC(=O)O)C(C)OCCOCCCC. The van der Waals surface area contributed by atoms with Crippen molar-refractivity contribution >= 4 is 11.9 Å². The van der Waals surface area contributed by atoms with Gasteiger partial charge in [-0.2, -0.15) is 0 Å². The lowest BCUT2D eigenvalue weighted by atomic mass is 9.96. The van der Waals surface area contributed by atoms with Crippen molar-refractivity contribution < 1.29 is 38.4 Å². The molecule has 0 aliphatic rings. The first-order valence-electron chi connectivity index (χ1n) is 11.2. The van der Waals surface area contributed by atoms with Crippen LogP contribution in [0, 0.1) is 5.92 Å². The second kappa shape index (κ2) is 19.7. The van der Waals surface area contributed by atoms with Crippen molar-refractivity contribution in [1.29, 1.82) is 0 Å². The Morgan fingerprint density at radius 2 is 1.37 bits per heavy atom. The van der Waals surface area contributed by atoms with Crippen molar-refractivity contribution in [3.8, 4) is 0 Å². The molecule has 0 aliphatic heterocycles. The monoisotopic (exact) mass is 434 g/mol. The molecule has 0 heterocycles. The maximum Gasteiger partial charge on any atom is 0.313 e. The van der Waals surface area contributed by atoms with E-state index < -0.39 is 30.3 Å². The van der Waals surface area contributed by atoms with E-state index in [4.69, 9.17) is 28.8 Å². The Kier molecular flexibility index (Phi) is 18.9. The van der Waals surface area contributed by atoms with E-state index in [0.29, 0.717) is 52.5 Å². The van der Waals surface area contributed by atoms with Gasteiger partial charge in [0.1, 0.15) is 0 Å². The molecule has 0 fully saturated rings. The Labute approximate surface area is 181 Å². The minimum Gasteiger partial charge on any atom is -0.481 e. The van der Waals surface area contributed by atoms with Crippen LogP contribution in [-0.4, -0.2) is 69.1 Å². The summed E-state index contributed by atoms with van der Waals surface area (Å²) in [7, 11) is 0. The number of ether oxygens (including phenoxy) is 5. The van der Waals surface area contributed by atoms with Gasteiger partial charge in [0.05, 0.1) is 38.4 Å². The van der Waals surface area contributed by atoms with Gasteiger partial charge in [0.2, 0.25) is 0 Å². The van der Waals surface area contributed by atoms with Crippen molar-refractivity contribution in [2.45, 2.75) is 85.0 Å². The standard InChI is InChI=1S/C22H42O8/c1-5-7-12-26-14-16-28-18(3)20(10-9-11-21(23)24)22(25)30-19(4)29-17-15-27-13-8-6-2/h18-20H,5-17H2,1-4H3,(H,23,24). The molecule has 0 aromatic carbocycles. The number of hydrogen-bond donors (Lipinski definition) is 1. The Hall–Kier alpha value is -1.22. The third-order valence-corrected chi connectivity index (χ3v) is 4.53. The van der Waals surface area contributed by atoms with Crippen LogP contribution in [0.2, 0.25) is 0 Å². The lowest BCUT2D eigenvalue weighted by Crippen LogP contribution is -2.33. The summed E-state index contributed by atoms with van der Waals surface area (Å²) in [6.07, 6.45) is 3.77. The quantitative estimate of drug-likeness (QED) is 0.165. The van der Waals surface area contributed by atoms with Crippen molar-refractivity contribution in [2.75, 3.05) is 39.6 Å². The Balaban J connectivity index is 4.39. The second-order valence-electron chi connectivity index (χ2n) is 7.28. The lowest BCUT2D eigenvalue weighted by Gasteiger charge is -2.24. The molecule has 0 spiro atoms. The fraction of sp³-hybridized carbons (Fsp3) is 0.909. The Bertz CT molecular complexity index is 429. The third-order valence-electron chi connectivity index (χ3n) is 4.53. The van der Waals surface area contributed by atoms with Gasteiger partial charge in [0.15, 0.2) is 6.29 Å². The Morgan fingerprint density at radius 3 is 1.90 bits per heavy atom. The number of rotatable bonds is 21. The number of hydrogen-bond acceptors (Lipinski definition) is 7. The van der Waals surface area contributed by atoms with Crippen LogP contribution in [0.5, 0.6) is 0 Å². The number of unbranched alkanes of at least 4 members (excludes halogenated alkanes) is 2. The molecule has 3 atom stereocenters. The zero-order valence-electron chi connectivity index (χ0n) is 19.2. The number of carboxylic acids is 1. The molecule has 8 nitrogen and oxygen atoms in total. The largest absolute Gasteiger partial charge is 0.481 e. The smallest absolute Gasteiger partial charge is 0.313 e. The molecule has 0 aromatic rings. The maximum absolute atomic E-state index is 12.6. The van der Waals surface area contributed by atoms with E-state index in [0.717, 1.165) is 25.7 Å². The molecule has 3 unspecified atom stereocenters. The van der Waals surface area contributed by atoms with Crippen LogP contribution in [-0.2, 0) is 33.3 Å². The number of aliphatic carboxylic acids is 1. The van der Waals surface area contributed by atoms with Gasteiger partial charge < -0.3 is 28.8 Å². The zero-order valence-corrected chi connectivity index (χ0v) is 19.2. The highest BCUT2D eigenvalue weighted by Crippen LogP contribution is 2.19. The topological polar surface area (TPSA) is 101 Å². The van der Waals surface area contributed by atoms with Gasteiger partial charge in [-0.1, -0.05) is 26.7 Å². The highest BCUT2D eigenvalue weighted by Gasteiger charge is 2.28. The molecule has 0 saturated carbocycles. The average Bonchev–Trinajstić information content (AvgIpc) is 2.70. The molecule has 30 heavy (non-hydrogen) atoms. The minimum absolute atomic E-state index is 0.00220.